The Morgan fingerprint density at radius 3 is 2.11 bits per heavy atom. The van der Waals surface area contributed by atoms with Crippen LogP contribution in [-0.4, -0.2) is 6.47 Å². The third kappa shape index (κ3) is 3.37. The smallest absolute Gasteiger partial charge is 0.418 e. The van der Waals surface area contributed by atoms with Crippen LogP contribution >= 0.6 is 0 Å². The van der Waals surface area contributed by atoms with E-state index < -0.39 is 0 Å². The number of benzene rings is 1. The molecule has 0 N–H and O–H groups in total. The molecule has 0 fully saturated rings. The van der Waals surface area contributed by atoms with E-state index in [1.807, 2.05) is 6.07 Å². The fourth-order valence-electron chi connectivity index (χ4n) is 2.03. The van der Waals surface area contributed by atoms with Crippen molar-refractivity contribution in [2.75, 3.05) is 0 Å². The first kappa shape index (κ1) is 15.7. The van der Waals surface area contributed by atoms with Crippen LogP contribution in [0.5, 0.6) is 5.75 Å². The highest BCUT2D eigenvalue weighted by Gasteiger charge is 2.26. The molecule has 1 rings (SSSR count). The lowest BCUT2D eigenvalue weighted by Gasteiger charge is -2.28. The van der Waals surface area contributed by atoms with Crippen molar-refractivity contribution in [2.45, 2.75) is 65.2 Å². The van der Waals surface area contributed by atoms with Gasteiger partial charge in [-0.3, -0.25) is 0 Å². The van der Waals surface area contributed by atoms with Crippen molar-refractivity contribution < 1.29 is 9.53 Å². The van der Waals surface area contributed by atoms with Gasteiger partial charge in [-0.05, 0) is 35.3 Å². The molecule has 19 heavy (non-hydrogen) atoms. The molecule has 0 spiro atoms. The minimum absolute atomic E-state index is 0.0128. The van der Waals surface area contributed by atoms with Gasteiger partial charge in [0.05, 0.1) is 0 Å². The quantitative estimate of drug-likeness (QED) is 0.753. The number of hydrogen-bond donors (Lipinski definition) is 0. The minimum atomic E-state index is -0.0128. The molecule has 0 aliphatic carbocycles. The molecule has 1 aromatic carbocycles. The van der Waals surface area contributed by atoms with Gasteiger partial charge >= 0.3 is 6.47 Å². The van der Waals surface area contributed by atoms with E-state index in [1.54, 1.807) is 6.47 Å². The van der Waals surface area contributed by atoms with Crippen LogP contribution < -0.4 is 4.74 Å². The summed E-state index contributed by atoms with van der Waals surface area (Å²) in [7, 11) is 0. The minimum Gasteiger partial charge on any atom is -0.418 e. The van der Waals surface area contributed by atoms with Gasteiger partial charge in [0.25, 0.3) is 0 Å². The van der Waals surface area contributed by atoms with E-state index in [0.717, 1.165) is 18.4 Å². The van der Waals surface area contributed by atoms with E-state index in [0.29, 0.717) is 5.75 Å². The first-order chi connectivity index (χ1) is 8.78. The van der Waals surface area contributed by atoms with Crippen molar-refractivity contribution in [1.82, 2.24) is 0 Å². The fraction of sp³-hybridized carbons (Fsp3) is 0.588. The molecule has 0 saturated carbocycles. The first-order valence-electron chi connectivity index (χ1n) is 6.97. The van der Waals surface area contributed by atoms with Gasteiger partial charge in [-0.25, -0.2) is 4.79 Å². The van der Waals surface area contributed by atoms with Crippen molar-refractivity contribution in [3.8, 4) is 5.75 Å². The summed E-state index contributed by atoms with van der Waals surface area (Å²) in [4.78, 5) is 10.6. The molecule has 1 radical (unpaired) electrons. The lowest BCUT2D eigenvalue weighted by molar-refractivity contribution is 0.419. The van der Waals surface area contributed by atoms with Gasteiger partial charge in [0, 0.05) is 5.56 Å². The Bertz CT molecular complexity index is 445. The molecule has 0 saturated heterocycles. The van der Waals surface area contributed by atoms with Crippen molar-refractivity contribution in [3.63, 3.8) is 0 Å². The van der Waals surface area contributed by atoms with E-state index in [4.69, 9.17) is 4.74 Å². The summed E-state index contributed by atoms with van der Waals surface area (Å²) < 4.78 is 5.10. The summed E-state index contributed by atoms with van der Waals surface area (Å²) in [6.45, 7) is 14.6. The molecule has 0 amide bonds. The van der Waals surface area contributed by atoms with Crippen LogP contribution in [0.1, 0.15) is 65.5 Å². The molecule has 0 unspecified atom stereocenters. The van der Waals surface area contributed by atoms with Crippen molar-refractivity contribution in [3.05, 3.63) is 29.3 Å². The summed E-state index contributed by atoms with van der Waals surface area (Å²) >= 11 is 0. The number of rotatable bonds is 6. The summed E-state index contributed by atoms with van der Waals surface area (Å²) in [6, 6.07) is 6.22. The zero-order valence-electron chi connectivity index (χ0n) is 13.0. The van der Waals surface area contributed by atoms with Gasteiger partial charge < -0.3 is 4.74 Å². The number of carbonyl (C=O) groups excluding carboxylic acids is 1. The lowest BCUT2D eigenvalue weighted by Crippen LogP contribution is -2.20. The molecule has 0 aliphatic rings. The van der Waals surface area contributed by atoms with Gasteiger partial charge in [-0.15, -0.1) is 0 Å². The van der Waals surface area contributed by atoms with Gasteiger partial charge in [0.1, 0.15) is 5.75 Å². The first-order valence-corrected chi connectivity index (χ1v) is 6.97. The normalized spacial score (nSPS) is 12.3. The number of ether oxygens (including phenoxy) is 1. The van der Waals surface area contributed by atoms with Crippen LogP contribution in [0.3, 0.4) is 0 Å². The highest BCUT2D eigenvalue weighted by molar-refractivity contribution is 5.52. The van der Waals surface area contributed by atoms with E-state index in [-0.39, 0.29) is 10.8 Å². The third-order valence-corrected chi connectivity index (χ3v) is 4.41. The molecular weight excluding hydrogens is 236 g/mol. The van der Waals surface area contributed by atoms with Crippen LogP contribution in [0.2, 0.25) is 0 Å². The van der Waals surface area contributed by atoms with Crippen molar-refractivity contribution in [1.29, 1.82) is 0 Å². The molecule has 2 heteroatoms. The SMILES string of the molecule is CCC(C)(C)c1ccc(C(C)(C)CC)c(O[C]=O)c1. The maximum Gasteiger partial charge on any atom is 0.423 e. The average Bonchev–Trinajstić information content (AvgIpc) is 2.39. The maximum absolute atomic E-state index is 10.6. The van der Waals surface area contributed by atoms with Gasteiger partial charge in [-0.1, -0.05) is 53.7 Å². The third-order valence-electron chi connectivity index (χ3n) is 4.41. The Hall–Kier alpha value is -1.31. The molecule has 0 aliphatic heterocycles. The summed E-state index contributed by atoms with van der Waals surface area (Å²) in [5.74, 6) is 0.640. The number of hydrogen-bond acceptors (Lipinski definition) is 2. The van der Waals surface area contributed by atoms with E-state index in [2.05, 4.69) is 53.7 Å². The highest BCUT2D eigenvalue weighted by atomic mass is 16.5. The van der Waals surface area contributed by atoms with E-state index in [9.17, 15) is 4.79 Å². The maximum atomic E-state index is 10.6. The molecule has 1 aromatic rings. The van der Waals surface area contributed by atoms with Crippen LogP contribution in [0.4, 0.5) is 0 Å². The topological polar surface area (TPSA) is 26.3 Å². The van der Waals surface area contributed by atoms with Gasteiger partial charge in [0.2, 0.25) is 0 Å². The Balaban J connectivity index is 3.34. The van der Waals surface area contributed by atoms with Crippen molar-refractivity contribution >= 4 is 6.47 Å². The summed E-state index contributed by atoms with van der Waals surface area (Å²) in [5.41, 5.74) is 2.32. The summed E-state index contributed by atoms with van der Waals surface area (Å²) in [5, 5.41) is 0. The highest BCUT2D eigenvalue weighted by Crippen LogP contribution is 2.37. The van der Waals surface area contributed by atoms with Crippen LogP contribution in [0.15, 0.2) is 18.2 Å². The van der Waals surface area contributed by atoms with E-state index in [1.165, 1.54) is 5.56 Å². The second-order valence-electron chi connectivity index (χ2n) is 6.37. The van der Waals surface area contributed by atoms with Crippen LogP contribution in [0.25, 0.3) is 0 Å². The molecule has 2 nitrogen and oxygen atoms in total. The Labute approximate surface area is 117 Å². The second-order valence-corrected chi connectivity index (χ2v) is 6.37. The molecule has 105 valence electrons. The van der Waals surface area contributed by atoms with Crippen LogP contribution in [0, 0.1) is 0 Å². The summed E-state index contributed by atoms with van der Waals surface area (Å²) in [6.07, 6.45) is 2.02. The zero-order chi connectivity index (χ0) is 14.7. The Morgan fingerprint density at radius 1 is 1.05 bits per heavy atom. The molecule has 0 aromatic heterocycles. The van der Waals surface area contributed by atoms with Gasteiger partial charge in [-0.2, -0.15) is 0 Å². The second kappa shape index (κ2) is 5.77. The monoisotopic (exact) mass is 261 g/mol. The zero-order valence-corrected chi connectivity index (χ0v) is 13.0. The van der Waals surface area contributed by atoms with Crippen molar-refractivity contribution in [2.24, 2.45) is 0 Å². The Morgan fingerprint density at radius 2 is 1.63 bits per heavy atom. The fourth-order valence-corrected chi connectivity index (χ4v) is 2.03. The molecule has 0 bridgehead atoms. The molecule has 0 heterocycles. The standard InChI is InChI=1S/C17H25O2/c1-7-16(3,4)13-9-10-14(17(5,6)8-2)15(11-13)19-12-18/h9-11H,7-8H2,1-6H3. The van der Waals surface area contributed by atoms with Crippen LogP contribution in [-0.2, 0) is 15.6 Å². The Kier molecular flexibility index (Phi) is 4.78. The lowest BCUT2D eigenvalue weighted by atomic mass is 9.77. The predicted octanol–water partition coefficient (Wildman–Crippen LogP) is 4.51. The van der Waals surface area contributed by atoms with E-state index >= 15 is 0 Å². The molecular formula is C17H25O2. The molecule has 0 atom stereocenters. The average molecular weight is 261 g/mol. The largest absolute Gasteiger partial charge is 0.423 e. The predicted molar refractivity (Wildman–Crippen MR) is 79.4 cm³/mol. The van der Waals surface area contributed by atoms with Gasteiger partial charge in [0.15, 0.2) is 0 Å².